The van der Waals surface area contributed by atoms with Crippen LogP contribution < -0.4 is 32.3 Å². The maximum absolute atomic E-state index is 12.7. The molecule has 19 heteroatoms. The van der Waals surface area contributed by atoms with E-state index in [2.05, 4.69) is 68.4 Å². The zero-order chi connectivity index (χ0) is 41.8. The van der Waals surface area contributed by atoms with Crippen molar-refractivity contribution in [3.8, 4) is 0 Å². The molecule has 2 aromatic carbocycles. The molecule has 0 unspecified atom stereocenters. The van der Waals surface area contributed by atoms with Gasteiger partial charge in [0.25, 0.3) is 5.91 Å². The zero-order valence-electron chi connectivity index (χ0n) is 32.3. The van der Waals surface area contributed by atoms with Gasteiger partial charge in [0.05, 0.1) is 26.9 Å². The monoisotopic (exact) mass is 928 g/mol. The highest BCUT2D eigenvalue weighted by molar-refractivity contribution is 9.10. The summed E-state index contributed by atoms with van der Waals surface area (Å²) in [7, 11) is 3.63. The summed E-state index contributed by atoms with van der Waals surface area (Å²) in [5.41, 5.74) is 8.18. The van der Waals surface area contributed by atoms with Crippen molar-refractivity contribution in [1.29, 1.82) is 0 Å². The lowest BCUT2D eigenvalue weighted by molar-refractivity contribution is -0.106. The number of thioether (sulfide) groups is 2. The molecule has 0 bridgehead atoms. The Bertz CT molecular complexity index is 1760. The normalized spacial score (nSPS) is 10.6. The Balaban J connectivity index is 0.000000547. The van der Waals surface area contributed by atoms with Crippen molar-refractivity contribution in [2.75, 3.05) is 60.4 Å². The van der Waals surface area contributed by atoms with Gasteiger partial charge in [0.2, 0.25) is 0 Å². The molecule has 0 saturated carbocycles. The first-order valence-corrected chi connectivity index (χ1v) is 20.3. The lowest BCUT2D eigenvalue weighted by atomic mass is 10.2. The standard InChI is InChI=1S/C20H24BrN5O4S.C14H22BrN3O2S.C2H4O/c1-20(2,3)30-19(29)23-5-6-31-17-14(22-4)7-12(21)8-15(17)26-18(28)16-9-13(10-27)24-11-25-16;1-14(2,3)20-13(19)18-5-6-21-12-10(16)7-9(15)8-11(12)17-4;1-2-3/h7-11,22H,5-6H2,1-4H3,(H,23,29)(H,26,28);7-8,17H,5-6,16H2,1-4H3,(H,18,19);2H,1H3. The van der Waals surface area contributed by atoms with E-state index in [4.69, 9.17) is 20.0 Å². The number of nitrogens with zero attached hydrogens (tertiary/aromatic N) is 2. The molecule has 0 aliphatic carbocycles. The number of nitrogens with one attached hydrogen (secondary N) is 5. The summed E-state index contributed by atoms with van der Waals surface area (Å²) in [5, 5.41) is 14.5. The fourth-order valence-corrected chi connectivity index (χ4v) is 6.85. The summed E-state index contributed by atoms with van der Waals surface area (Å²) in [6.07, 6.45) is 1.58. The van der Waals surface area contributed by atoms with Crippen LogP contribution in [0.5, 0.6) is 0 Å². The van der Waals surface area contributed by atoms with E-state index in [1.807, 2.05) is 46.0 Å². The molecule has 7 N–H and O–H groups in total. The Kier molecular flexibility index (Phi) is 21.8. The first-order chi connectivity index (χ1) is 25.8. The van der Waals surface area contributed by atoms with Crippen LogP contribution in [0.3, 0.4) is 0 Å². The van der Waals surface area contributed by atoms with Gasteiger partial charge in [-0.25, -0.2) is 19.6 Å². The number of benzene rings is 2. The van der Waals surface area contributed by atoms with Gasteiger partial charge in [-0.3, -0.25) is 9.59 Å². The number of carbonyl (C=O) groups excluding carboxylic acids is 5. The SMILES string of the molecule is CC=O.CNc1cc(Br)cc(N)c1SCCNC(=O)OC(C)(C)C.CNc1cc(Br)cc(NC(=O)c2cc(C=O)ncn2)c1SCCNC(=O)OC(C)(C)C. The molecule has 0 aliphatic rings. The van der Waals surface area contributed by atoms with Crippen LogP contribution >= 0.6 is 55.4 Å². The smallest absolute Gasteiger partial charge is 0.407 e. The predicted octanol–water partition coefficient (Wildman–Crippen LogP) is 7.86. The number of anilines is 4. The average molecular weight is 931 g/mol. The highest BCUT2D eigenvalue weighted by atomic mass is 79.9. The second-order valence-corrected chi connectivity index (χ2v) is 16.9. The largest absolute Gasteiger partial charge is 0.444 e. The molecule has 0 saturated heterocycles. The highest BCUT2D eigenvalue weighted by Crippen LogP contribution is 2.38. The summed E-state index contributed by atoms with van der Waals surface area (Å²) in [6.45, 7) is 13.2. The van der Waals surface area contributed by atoms with Crippen LogP contribution in [0, 0.1) is 0 Å². The van der Waals surface area contributed by atoms with Crippen molar-refractivity contribution in [1.82, 2.24) is 20.6 Å². The summed E-state index contributed by atoms with van der Waals surface area (Å²) in [4.78, 5) is 65.2. The predicted molar refractivity (Wildman–Crippen MR) is 229 cm³/mol. The quantitative estimate of drug-likeness (QED) is 0.0417. The van der Waals surface area contributed by atoms with Crippen molar-refractivity contribution in [2.45, 2.75) is 69.5 Å². The van der Waals surface area contributed by atoms with Gasteiger partial charge in [-0.05, 0) is 78.8 Å². The molecule has 302 valence electrons. The summed E-state index contributed by atoms with van der Waals surface area (Å²) < 4.78 is 12.1. The van der Waals surface area contributed by atoms with Crippen LogP contribution in [0.15, 0.2) is 55.4 Å². The number of aldehydes is 2. The number of ether oxygens (including phenoxy) is 2. The molecule has 1 aromatic heterocycles. The van der Waals surface area contributed by atoms with Gasteiger partial charge in [0, 0.05) is 53.3 Å². The van der Waals surface area contributed by atoms with Crippen LogP contribution in [0.25, 0.3) is 0 Å². The maximum atomic E-state index is 12.7. The van der Waals surface area contributed by atoms with Gasteiger partial charge in [-0.15, -0.1) is 23.5 Å². The molecule has 0 fully saturated rings. The van der Waals surface area contributed by atoms with Gasteiger partial charge in [0.1, 0.15) is 35.2 Å². The van der Waals surface area contributed by atoms with E-state index in [1.165, 1.54) is 24.8 Å². The Morgan fingerprint density at radius 1 is 0.764 bits per heavy atom. The number of carbonyl (C=O) groups is 5. The topological polar surface area (TPSA) is 216 Å². The van der Waals surface area contributed by atoms with E-state index in [0.717, 1.165) is 42.7 Å². The number of rotatable bonds is 13. The minimum atomic E-state index is -0.565. The second kappa shape index (κ2) is 24.4. The fraction of sp³-hybridized carbons (Fsp3) is 0.417. The number of nitrogens with two attached hydrogens (primary N) is 1. The minimum Gasteiger partial charge on any atom is -0.444 e. The minimum absolute atomic E-state index is 0.0747. The van der Waals surface area contributed by atoms with Crippen LogP contribution in [0.1, 0.15) is 69.4 Å². The van der Waals surface area contributed by atoms with Gasteiger partial charge < -0.3 is 46.6 Å². The van der Waals surface area contributed by atoms with E-state index < -0.39 is 29.3 Å². The van der Waals surface area contributed by atoms with Crippen molar-refractivity contribution in [2.24, 2.45) is 0 Å². The van der Waals surface area contributed by atoms with Crippen molar-refractivity contribution in [3.63, 3.8) is 0 Å². The number of hydrogen-bond donors (Lipinski definition) is 6. The van der Waals surface area contributed by atoms with Crippen LogP contribution in [-0.4, -0.2) is 90.5 Å². The van der Waals surface area contributed by atoms with Crippen LogP contribution in [0.4, 0.5) is 32.3 Å². The summed E-state index contributed by atoms with van der Waals surface area (Å²) >= 11 is 9.90. The third-order valence-corrected chi connectivity index (χ3v) is 9.20. The van der Waals surface area contributed by atoms with Crippen molar-refractivity contribution >= 4 is 109 Å². The number of nitrogen functional groups attached to an aromatic ring is 1. The van der Waals surface area contributed by atoms with E-state index in [-0.39, 0.29) is 11.4 Å². The Morgan fingerprint density at radius 2 is 1.22 bits per heavy atom. The molecule has 3 amide bonds. The molecule has 3 rings (SSSR count). The van der Waals surface area contributed by atoms with E-state index >= 15 is 0 Å². The number of amides is 3. The highest BCUT2D eigenvalue weighted by Gasteiger charge is 2.18. The second-order valence-electron chi connectivity index (χ2n) is 12.9. The molecule has 0 atom stereocenters. The molecular formula is C36H50Br2N8O7S2. The first kappa shape index (κ1) is 48.9. The number of alkyl carbamates (subject to hydrolysis) is 2. The molecule has 0 radical (unpaired) electrons. The van der Waals surface area contributed by atoms with Gasteiger partial charge in [0.15, 0.2) is 6.29 Å². The molecule has 55 heavy (non-hydrogen) atoms. The fourth-order valence-electron chi connectivity index (χ4n) is 3.98. The Labute approximate surface area is 347 Å². The molecule has 3 aromatic rings. The molecule has 0 aliphatic heterocycles. The lowest BCUT2D eigenvalue weighted by Gasteiger charge is -2.20. The Morgan fingerprint density at radius 3 is 1.69 bits per heavy atom. The number of hydrogen-bond acceptors (Lipinski definition) is 14. The summed E-state index contributed by atoms with van der Waals surface area (Å²) in [6, 6.07) is 8.81. The number of halogens is 2. The van der Waals surface area contributed by atoms with Gasteiger partial charge in [-0.2, -0.15) is 0 Å². The molecule has 0 spiro atoms. The van der Waals surface area contributed by atoms with Gasteiger partial charge in [-0.1, -0.05) is 31.9 Å². The number of aromatic nitrogens is 2. The van der Waals surface area contributed by atoms with Gasteiger partial charge >= 0.3 is 12.2 Å². The van der Waals surface area contributed by atoms with Crippen molar-refractivity contribution < 1.29 is 33.4 Å². The third kappa shape index (κ3) is 19.9. The lowest BCUT2D eigenvalue weighted by Crippen LogP contribution is -2.33. The summed E-state index contributed by atoms with van der Waals surface area (Å²) in [5.74, 6) is 0.778. The molecular weight excluding hydrogens is 880 g/mol. The zero-order valence-corrected chi connectivity index (χ0v) is 37.2. The van der Waals surface area contributed by atoms with Crippen molar-refractivity contribution in [3.05, 3.63) is 57.0 Å². The molecule has 1 heterocycles. The third-order valence-electron chi connectivity index (χ3n) is 6.00. The van der Waals surface area contributed by atoms with E-state index in [0.29, 0.717) is 42.3 Å². The van der Waals surface area contributed by atoms with E-state index in [9.17, 15) is 19.2 Å². The van der Waals surface area contributed by atoms with E-state index in [1.54, 1.807) is 45.6 Å². The first-order valence-electron chi connectivity index (χ1n) is 16.7. The average Bonchev–Trinajstić information content (AvgIpc) is 3.08. The maximum Gasteiger partial charge on any atom is 0.407 e. The van der Waals surface area contributed by atoms with Crippen LogP contribution in [-0.2, 0) is 14.3 Å². The van der Waals surface area contributed by atoms with Crippen LogP contribution in [0.2, 0.25) is 0 Å². The Hall–Kier alpha value is -4.07. The molecule has 15 nitrogen and oxygen atoms in total.